The molecule has 0 saturated heterocycles. The van der Waals surface area contributed by atoms with Gasteiger partial charge in [-0.15, -0.1) is 11.3 Å². The highest BCUT2D eigenvalue weighted by Gasteiger charge is 2.24. The number of aryl methyl sites for hydroxylation is 3. The largest absolute Gasteiger partial charge is 0.247 e. The SMILES string of the molecule is CCC(CC)c1cc(C)nn2c(-c3sc(-c4ncnn4C)nc3Br)c(C)nc12. The molecule has 0 atom stereocenters. The van der Waals surface area contributed by atoms with Gasteiger partial charge in [0.1, 0.15) is 16.6 Å². The molecule has 4 aromatic heterocycles. The van der Waals surface area contributed by atoms with Gasteiger partial charge in [-0.3, -0.25) is 0 Å². The summed E-state index contributed by atoms with van der Waals surface area (Å²) < 4.78 is 4.48. The van der Waals surface area contributed by atoms with Crippen molar-refractivity contribution in [2.45, 2.75) is 46.5 Å². The molecular weight excluding hydrogens is 438 g/mol. The normalized spacial score (nSPS) is 11.8. The number of hydrogen-bond acceptors (Lipinski definition) is 6. The van der Waals surface area contributed by atoms with Crippen LogP contribution in [0.15, 0.2) is 17.0 Å². The molecule has 0 saturated carbocycles. The molecule has 0 bridgehead atoms. The van der Waals surface area contributed by atoms with Gasteiger partial charge in [0.05, 0.1) is 16.3 Å². The first-order valence-electron chi connectivity index (χ1n) is 9.32. The summed E-state index contributed by atoms with van der Waals surface area (Å²) in [5.41, 5.74) is 5.11. The molecule has 4 rings (SSSR count). The van der Waals surface area contributed by atoms with E-state index in [0.29, 0.717) is 5.92 Å². The molecule has 28 heavy (non-hydrogen) atoms. The second-order valence-electron chi connectivity index (χ2n) is 6.88. The maximum atomic E-state index is 4.90. The maximum Gasteiger partial charge on any atom is 0.187 e. The molecule has 7 nitrogen and oxygen atoms in total. The number of aromatic nitrogens is 7. The number of fused-ring (bicyclic) bond motifs is 1. The van der Waals surface area contributed by atoms with Crippen molar-refractivity contribution in [1.29, 1.82) is 0 Å². The van der Waals surface area contributed by atoms with E-state index in [2.05, 4.69) is 50.9 Å². The Balaban J connectivity index is 1.94. The van der Waals surface area contributed by atoms with Gasteiger partial charge in [-0.05, 0) is 54.6 Å². The lowest BCUT2D eigenvalue weighted by atomic mass is 9.95. The van der Waals surface area contributed by atoms with E-state index in [9.17, 15) is 0 Å². The lowest BCUT2D eigenvalue weighted by molar-refractivity contribution is 0.638. The van der Waals surface area contributed by atoms with E-state index in [-0.39, 0.29) is 0 Å². The number of rotatable bonds is 5. The van der Waals surface area contributed by atoms with Gasteiger partial charge in [0.15, 0.2) is 16.5 Å². The van der Waals surface area contributed by atoms with Gasteiger partial charge in [-0.25, -0.2) is 24.1 Å². The molecule has 4 heterocycles. The summed E-state index contributed by atoms with van der Waals surface area (Å²) in [7, 11) is 1.86. The Kier molecular flexibility index (Phi) is 5.05. The van der Waals surface area contributed by atoms with Crippen LogP contribution in [0, 0.1) is 13.8 Å². The zero-order valence-corrected chi connectivity index (χ0v) is 19.0. The van der Waals surface area contributed by atoms with Gasteiger partial charge in [-0.1, -0.05) is 13.8 Å². The maximum absolute atomic E-state index is 4.90. The van der Waals surface area contributed by atoms with Crippen molar-refractivity contribution in [3.63, 3.8) is 0 Å². The Morgan fingerprint density at radius 3 is 2.57 bits per heavy atom. The van der Waals surface area contributed by atoms with Gasteiger partial charge in [-0.2, -0.15) is 10.2 Å². The highest BCUT2D eigenvalue weighted by molar-refractivity contribution is 9.10. The third-order valence-electron chi connectivity index (χ3n) is 5.04. The predicted octanol–water partition coefficient (Wildman–Crippen LogP) is 4.93. The van der Waals surface area contributed by atoms with Crippen LogP contribution in [0.2, 0.25) is 0 Å². The molecule has 0 N–H and O–H groups in total. The standard InChI is InChI=1S/C19H22BrN7S/c1-6-12(7-2)13-8-10(3)25-27-14(11(4)23-17(13)27)15-16(20)24-19(28-15)18-21-9-22-26(18)5/h8-9,12H,6-7H2,1-5H3. The third kappa shape index (κ3) is 3.06. The van der Waals surface area contributed by atoms with Crippen molar-refractivity contribution < 1.29 is 0 Å². The van der Waals surface area contributed by atoms with E-state index in [1.165, 1.54) is 11.9 Å². The average molecular weight is 460 g/mol. The van der Waals surface area contributed by atoms with E-state index >= 15 is 0 Å². The Bertz CT molecular complexity index is 1150. The summed E-state index contributed by atoms with van der Waals surface area (Å²) in [5, 5.41) is 9.75. The van der Waals surface area contributed by atoms with Crippen LogP contribution in [0.4, 0.5) is 0 Å². The van der Waals surface area contributed by atoms with E-state index in [1.54, 1.807) is 16.0 Å². The molecule has 0 aliphatic rings. The van der Waals surface area contributed by atoms with Crippen molar-refractivity contribution in [2.24, 2.45) is 7.05 Å². The molecule has 146 valence electrons. The van der Waals surface area contributed by atoms with E-state index < -0.39 is 0 Å². The topological polar surface area (TPSA) is 73.8 Å². The molecule has 4 aromatic rings. The van der Waals surface area contributed by atoms with Crippen LogP contribution in [-0.4, -0.2) is 34.3 Å². The number of thiazole rings is 1. The minimum Gasteiger partial charge on any atom is -0.247 e. The van der Waals surface area contributed by atoms with Gasteiger partial charge in [0, 0.05) is 12.6 Å². The molecule has 0 amide bonds. The lowest BCUT2D eigenvalue weighted by Crippen LogP contribution is -2.04. The fourth-order valence-corrected chi connectivity index (χ4v) is 5.39. The summed E-state index contributed by atoms with van der Waals surface area (Å²) in [6.45, 7) is 8.52. The zero-order valence-electron chi connectivity index (χ0n) is 16.6. The van der Waals surface area contributed by atoms with Crippen LogP contribution in [0.3, 0.4) is 0 Å². The van der Waals surface area contributed by atoms with Crippen LogP contribution in [0.25, 0.3) is 27.1 Å². The highest BCUT2D eigenvalue weighted by atomic mass is 79.9. The molecule has 9 heteroatoms. The molecule has 0 fully saturated rings. The Labute approximate surface area is 176 Å². The number of halogens is 1. The van der Waals surface area contributed by atoms with Crippen LogP contribution in [-0.2, 0) is 7.05 Å². The van der Waals surface area contributed by atoms with Crippen molar-refractivity contribution in [2.75, 3.05) is 0 Å². The van der Waals surface area contributed by atoms with Crippen LogP contribution in [0.5, 0.6) is 0 Å². The second kappa shape index (κ2) is 7.36. The minimum absolute atomic E-state index is 0.470. The average Bonchev–Trinajstić information content (AvgIpc) is 3.32. The molecule has 0 spiro atoms. The van der Waals surface area contributed by atoms with Crippen molar-refractivity contribution >= 4 is 32.9 Å². The molecule has 0 unspecified atom stereocenters. The minimum atomic E-state index is 0.470. The molecule has 0 radical (unpaired) electrons. The van der Waals surface area contributed by atoms with E-state index in [4.69, 9.17) is 10.1 Å². The Morgan fingerprint density at radius 2 is 1.93 bits per heavy atom. The fourth-order valence-electron chi connectivity index (χ4n) is 3.60. The second-order valence-corrected chi connectivity index (χ2v) is 8.63. The number of imidazole rings is 1. The summed E-state index contributed by atoms with van der Waals surface area (Å²) in [6.07, 6.45) is 3.70. The lowest BCUT2D eigenvalue weighted by Gasteiger charge is -2.14. The van der Waals surface area contributed by atoms with Crippen LogP contribution < -0.4 is 0 Å². The molecular formula is C19H22BrN7S. The predicted molar refractivity (Wildman–Crippen MR) is 115 cm³/mol. The smallest absolute Gasteiger partial charge is 0.187 e. The van der Waals surface area contributed by atoms with Crippen molar-refractivity contribution in [3.8, 4) is 21.4 Å². The monoisotopic (exact) mass is 459 g/mol. The van der Waals surface area contributed by atoms with Gasteiger partial charge >= 0.3 is 0 Å². The van der Waals surface area contributed by atoms with Gasteiger partial charge in [0.25, 0.3) is 0 Å². The Morgan fingerprint density at radius 1 is 1.18 bits per heavy atom. The first-order valence-corrected chi connectivity index (χ1v) is 10.9. The zero-order chi connectivity index (χ0) is 20.0. The fraction of sp³-hybridized carbons (Fsp3) is 0.421. The summed E-state index contributed by atoms with van der Waals surface area (Å²) in [6, 6.07) is 2.18. The number of nitrogens with zero attached hydrogens (tertiary/aromatic N) is 7. The first kappa shape index (κ1) is 19.2. The van der Waals surface area contributed by atoms with Crippen LogP contribution in [0.1, 0.15) is 49.6 Å². The van der Waals surface area contributed by atoms with E-state index in [0.717, 1.165) is 55.9 Å². The van der Waals surface area contributed by atoms with Gasteiger partial charge < -0.3 is 0 Å². The molecule has 0 aliphatic carbocycles. The summed E-state index contributed by atoms with van der Waals surface area (Å²) >= 11 is 5.20. The molecule has 0 aromatic carbocycles. The summed E-state index contributed by atoms with van der Waals surface area (Å²) in [5.74, 6) is 1.21. The number of hydrogen-bond donors (Lipinski definition) is 0. The van der Waals surface area contributed by atoms with Gasteiger partial charge in [0.2, 0.25) is 0 Å². The Hall–Kier alpha value is -2.13. The van der Waals surface area contributed by atoms with E-state index in [1.807, 2.05) is 25.4 Å². The van der Waals surface area contributed by atoms with Crippen molar-refractivity contribution in [3.05, 3.63) is 33.9 Å². The molecule has 0 aliphatic heterocycles. The quantitative estimate of drug-likeness (QED) is 0.422. The van der Waals surface area contributed by atoms with Crippen molar-refractivity contribution in [1.82, 2.24) is 34.3 Å². The first-order chi connectivity index (χ1) is 13.4. The third-order valence-corrected chi connectivity index (χ3v) is 6.93. The summed E-state index contributed by atoms with van der Waals surface area (Å²) in [4.78, 5) is 14.9. The van der Waals surface area contributed by atoms with Crippen LogP contribution >= 0.6 is 27.3 Å². The highest BCUT2D eigenvalue weighted by Crippen LogP contribution is 2.40.